The second-order valence-corrected chi connectivity index (χ2v) is 6.82. The zero-order chi connectivity index (χ0) is 13.9. The van der Waals surface area contributed by atoms with Crippen LogP contribution in [0.3, 0.4) is 0 Å². The summed E-state index contributed by atoms with van der Waals surface area (Å²) in [5.41, 5.74) is 0.659. The largest absolute Gasteiger partial charge is 0.367 e. The van der Waals surface area contributed by atoms with Crippen molar-refractivity contribution in [2.24, 2.45) is 11.8 Å². The first-order valence-electron chi connectivity index (χ1n) is 7.00. The van der Waals surface area contributed by atoms with Gasteiger partial charge in [-0.25, -0.2) is 0 Å². The molecule has 19 heavy (non-hydrogen) atoms. The van der Waals surface area contributed by atoms with Gasteiger partial charge in [0.05, 0.1) is 6.07 Å². The SMILES string of the molecule is CC(C)C1CCC(C#N)(Nc2ccc(Br)cc2)CC1. The summed E-state index contributed by atoms with van der Waals surface area (Å²) in [6, 6.07) is 10.6. The van der Waals surface area contributed by atoms with Crippen molar-refractivity contribution in [2.45, 2.75) is 45.1 Å². The van der Waals surface area contributed by atoms with E-state index in [0.717, 1.165) is 47.7 Å². The van der Waals surface area contributed by atoms with Crippen LogP contribution in [0, 0.1) is 23.2 Å². The van der Waals surface area contributed by atoms with Crippen molar-refractivity contribution in [3.05, 3.63) is 28.7 Å². The Morgan fingerprint density at radius 3 is 2.32 bits per heavy atom. The Labute approximate surface area is 124 Å². The second-order valence-electron chi connectivity index (χ2n) is 5.91. The zero-order valence-electron chi connectivity index (χ0n) is 11.6. The van der Waals surface area contributed by atoms with Crippen LogP contribution in [-0.2, 0) is 0 Å². The normalized spacial score (nSPS) is 27.0. The van der Waals surface area contributed by atoms with E-state index in [4.69, 9.17) is 0 Å². The topological polar surface area (TPSA) is 35.8 Å². The van der Waals surface area contributed by atoms with Gasteiger partial charge in [0, 0.05) is 10.2 Å². The van der Waals surface area contributed by atoms with Gasteiger partial charge in [-0.2, -0.15) is 5.26 Å². The van der Waals surface area contributed by atoms with Crippen LogP contribution in [0.15, 0.2) is 28.7 Å². The van der Waals surface area contributed by atoms with Crippen molar-refractivity contribution >= 4 is 21.6 Å². The Bertz CT molecular complexity index is 451. The minimum Gasteiger partial charge on any atom is -0.367 e. The predicted octanol–water partition coefficient (Wildman–Crippen LogP) is 4.97. The Morgan fingerprint density at radius 1 is 1.26 bits per heavy atom. The lowest BCUT2D eigenvalue weighted by Gasteiger charge is -2.37. The number of hydrogen-bond donors (Lipinski definition) is 1. The highest BCUT2D eigenvalue weighted by atomic mass is 79.9. The molecule has 0 aromatic heterocycles. The molecule has 0 bridgehead atoms. The fourth-order valence-electron chi connectivity index (χ4n) is 2.87. The molecule has 0 amide bonds. The summed E-state index contributed by atoms with van der Waals surface area (Å²) in [5.74, 6) is 1.50. The maximum Gasteiger partial charge on any atom is 0.125 e. The smallest absolute Gasteiger partial charge is 0.125 e. The molecule has 3 heteroatoms. The van der Waals surface area contributed by atoms with Crippen molar-refractivity contribution in [1.82, 2.24) is 0 Å². The van der Waals surface area contributed by atoms with Gasteiger partial charge in [0.15, 0.2) is 0 Å². The lowest BCUT2D eigenvalue weighted by molar-refractivity contribution is 0.239. The van der Waals surface area contributed by atoms with Gasteiger partial charge in [-0.1, -0.05) is 29.8 Å². The van der Waals surface area contributed by atoms with E-state index in [9.17, 15) is 5.26 Å². The number of nitrogens with zero attached hydrogens (tertiary/aromatic N) is 1. The third-order valence-electron chi connectivity index (χ3n) is 4.27. The molecule has 1 aromatic carbocycles. The number of nitriles is 1. The van der Waals surface area contributed by atoms with Crippen molar-refractivity contribution in [3.8, 4) is 6.07 Å². The fraction of sp³-hybridized carbons (Fsp3) is 0.562. The highest BCUT2D eigenvalue weighted by Gasteiger charge is 2.36. The number of benzene rings is 1. The van der Waals surface area contributed by atoms with E-state index in [0.29, 0.717) is 0 Å². The lowest BCUT2D eigenvalue weighted by Crippen LogP contribution is -2.41. The van der Waals surface area contributed by atoms with Gasteiger partial charge in [-0.15, -0.1) is 0 Å². The van der Waals surface area contributed by atoms with Crippen LogP contribution in [0.1, 0.15) is 39.5 Å². The van der Waals surface area contributed by atoms with Crippen molar-refractivity contribution in [1.29, 1.82) is 5.26 Å². The molecule has 0 unspecified atom stereocenters. The average Bonchev–Trinajstić information content (AvgIpc) is 2.42. The molecule has 0 saturated heterocycles. The van der Waals surface area contributed by atoms with Crippen LogP contribution in [0.2, 0.25) is 0 Å². The van der Waals surface area contributed by atoms with Gasteiger partial charge in [-0.05, 0) is 61.8 Å². The maximum absolute atomic E-state index is 9.56. The summed E-state index contributed by atoms with van der Waals surface area (Å²) < 4.78 is 1.06. The molecule has 2 rings (SSSR count). The van der Waals surface area contributed by atoms with Crippen molar-refractivity contribution in [2.75, 3.05) is 5.32 Å². The molecule has 1 saturated carbocycles. The number of rotatable bonds is 3. The third-order valence-corrected chi connectivity index (χ3v) is 4.80. The molecule has 0 spiro atoms. The number of nitrogens with one attached hydrogen (secondary N) is 1. The molecule has 1 aliphatic carbocycles. The van der Waals surface area contributed by atoms with Crippen LogP contribution in [0.4, 0.5) is 5.69 Å². The Balaban J connectivity index is 2.05. The summed E-state index contributed by atoms with van der Waals surface area (Å²) in [7, 11) is 0. The number of halogens is 1. The van der Waals surface area contributed by atoms with Crippen LogP contribution in [0.25, 0.3) is 0 Å². The molecule has 2 nitrogen and oxygen atoms in total. The van der Waals surface area contributed by atoms with E-state index in [1.54, 1.807) is 0 Å². The molecule has 1 aromatic rings. The van der Waals surface area contributed by atoms with Gasteiger partial charge < -0.3 is 5.32 Å². The molecular weight excluding hydrogens is 300 g/mol. The first-order chi connectivity index (χ1) is 9.04. The summed E-state index contributed by atoms with van der Waals surface area (Å²) >= 11 is 3.43. The monoisotopic (exact) mass is 320 g/mol. The van der Waals surface area contributed by atoms with Gasteiger partial charge in [0.2, 0.25) is 0 Å². The Hall–Kier alpha value is -1.01. The van der Waals surface area contributed by atoms with E-state index in [-0.39, 0.29) is 5.54 Å². The standard InChI is InChI=1S/C16H21BrN2/c1-12(2)13-7-9-16(11-18,10-8-13)19-15-5-3-14(17)4-6-15/h3-6,12-13,19H,7-10H2,1-2H3. The van der Waals surface area contributed by atoms with E-state index < -0.39 is 0 Å². The molecule has 0 heterocycles. The van der Waals surface area contributed by atoms with Crippen LogP contribution in [0.5, 0.6) is 0 Å². The number of hydrogen-bond acceptors (Lipinski definition) is 2. The number of anilines is 1. The minimum atomic E-state index is -0.376. The zero-order valence-corrected chi connectivity index (χ0v) is 13.2. The summed E-state index contributed by atoms with van der Waals surface area (Å²) in [6.45, 7) is 4.57. The van der Waals surface area contributed by atoms with Gasteiger partial charge in [0.1, 0.15) is 5.54 Å². The quantitative estimate of drug-likeness (QED) is 0.853. The molecule has 1 N–H and O–H groups in total. The van der Waals surface area contributed by atoms with E-state index in [2.05, 4.69) is 41.2 Å². The molecule has 0 atom stereocenters. The average molecular weight is 321 g/mol. The highest BCUT2D eigenvalue weighted by Crippen LogP contribution is 2.37. The minimum absolute atomic E-state index is 0.376. The summed E-state index contributed by atoms with van der Waals surface area (Å²) in [5, 5.41) is 13.0. The predicted molar refractivity (Wildman–Crippen MR) is 82.9 cm³/mol. The van der Waals surface area contributed by atoms with Crippen LogP contribution in [-0.4, -0.2) is 5.54 Å². The summed E-state index contributed by atoms with van der Waals surface area (Å²) in [4.78, 5) is 0. The first kappa shape index (κ1) is 14.4. The van der Waals surface area contributed by atoms with Crippen LogP contribution < -0.4 is 5.32 Å². The Kier molecular flexibility index (Phi) is 4.52. The van der Waals surface area contributed by atoms with E-state index in [1.807, 2.05) is 24.3 Å². The molecule has 1 fully saturated rings. The summed E-state index contributed by atoms with van der Waals surface area (Å²) in [6.07, 6.45) is 4.19. The van der Waals surface area contributed by atoms with Crippen molar-refractivity contribution < 1.29 is 0 Å². The Morgan fingerprint density at radius 2 is 1.84 bits per heavy atom. The molecular formula is C16H21BrN2. The lowest BCUT2D eigenvalue weighted by atomic mass is 9.73. The molecule has 0 aliphatic heterocycles. The van der Waals surface area contributed by atoms with Gasteiger partial charge in [0.25, 0.3) is 0 Å². The highest BCUT2D eigenvalue weighted by molar-refractivity contribution is 9.10. The first-order valence-corrected chi connectivity index (χ1v) is 7.79. The van der Waals surface area contributed by atoms with Gasteiger partial charge in [-0.3, -0.25) is 0 Å². The molecule has 102 valence electrons. The van der Waals surface area contributed by atoms with E-state index >= 15 is 0 Å². The third kappa shape index (κ3) is 3.51. The van der Waals surface area contributed by atoms with Crippen molar-refractivity contribution in [3.63, 3.8) is 0 Å². The van der Waals surface area contributed by atoms with Gasteiger partial charge >= 0.3 is 0 Å². The van der Waals surface area contributed by atoms with E-state index in [1.165, 1.54) is 0 Å². The molecule has 0 radical (unpaired) electrons. The molecule has 1 aliphatic rings. The second kappa shape index (κ2) is 5.96. The maximum atomic E-state index is 9.56. The van der Waals surface area contributed by atoms with Crippen LogP contribution >= 0.6 is 15.9 Å². The fourth-order valence-corrected chi connectivity index (χ4v) is 3.14.